The number of esters is 1. The van der Waals surface area contributed by atoms with E-state index in [0.29, 0.717) is 6.42 Å². The first kappa shape index (κ1) is 89.8. The van der Waals surface area contributed by atoms with Crippen LogP contribution in [0.1, 0.15) is 152 Å². The highest BCUT2D eigenvalue weighted by Gasteiger charge is 2.60. The number of aliphatic hydroxyl groups is 1. The van der Waals surface area contributed by atoms with Gasteiger partial charge in [-0.2, -0.15) is 0 Å². The molecule has 0 bridgehead atoms. The quantitative estimate of drug-likeness (QED) is 0.0281. The van der Waals surface area contributed by atoms with Gasteiger partial charge in [0.2, 0.25) is 0 Å². The summed E-state index contributed by atoms with van der Waals surface area (Å²) in [5, 5.41) is 14.6. The van der Waals surface area contributed by atoms with Gasteiger partial charge in [0.1, 0.15) is 92.1 Å². The summed E-state index contributed by atoms with van der Waals surface area (Å²) in [5.74, 6) is -0.366. The van der Waals surface area contributed by atoms with Crippen molar-refractivity contribution in [2.75, 3.05) is 13.2 Å². The number of hydrogen-bond acceptors (Lipinski definition) is 17. The van der Waals surface area contributed by atoms with Gasteiger partial charge in [-0.25, -0.2) is 0 Å². The fourth-order valence-electron chi connectivity index (χ4n) is 16.0. The SMILES string of the molecule is CCCCCCCCCCCCCCCC(=O)OC[C@H]1O[C@H](O[C@@H]2[C@H](O)[C@@H](O[C@H]3O[C@H](COCc4ccccc4)[C@@H](OCc4ccccc4)[C@H](OCc4ccccc4)[C@@H]3OCc3ccccc3)[C@H](OCc3ccccc3)[C@@H](OCc3ccccc3)[C@@H]2OCc2ccccc2)[C@@H](OCc2ccccc2)[C@@H](OCc2ccccc2)[C@@H]1OCc1ccccc1. The van der Waals surface area contributed by atoms with Crippen LogP contribution in [0, 0.1) is 0 Å². The Morgan fingerprint density at radius 2 is 0.471 bits per heavy atom. The molecule has 2 heterocycles. The third-order valence-corrected chi connectivity index (χ3v) is 22.6. The zero-order valence-electron chi connectivity index (χ0n) is 70.0. The third-order valence-electron chi connectivity index (χ3n) is 22.6. The highest BCUT2D eigenvalue weighted by Crippen LogP contribution is 2.42. The maximum Gasteiger partial charge on any atom is 0.305 e. The maximum absolute atomic E-state index is 14.6. The minimum atomic E-state index is -1.72. The van der Waals surface area contributed by atoms with Crippen molar-refractivity contribution in [1.82, 2.24) is 0 Å². The van der Waals surface area contributed by atoms with Crippen molar-refractivity contribution in [3.8, 4) is 0 Å². The van der Waals surface area contributed by atoms with Crippen molar-refractivity contribution in [3.63, 3.8) is 0 Å². The van der Waals surface area contributed by atoms with Gasteiger partial charge in [-0.05, 0) is 62.1 Å². The number of aliphatic hydroxyl groups excluding tert-OH is 1. The summed E-state index contributed by atoms with van der Waals surface area (Å²) in [7, 11) is 0. The molecule has 1 N–H and O–H groups in total. The molecule has 0 aromatic heterocycles. The van der Waals surface area contributed by atoms with Gasteiger partial charge < -0.3 is 76.2 Å². The summed E-state index contributed by atoms with van der Waals surface area (Å²) >= 11 is 0. The Morgan fingerprint density at radius 1 is 0.256 bits per heavy atom. The second kappa shape index (κ2) is 50.6. The van der Waals surface area contributed by atoms with E-state index in [1.54, 1.807) is 0 Å². The van der Waals surface area contributed by atoms with Crippen molar-refractivity contribution in [2.24, 2.45) is 0 Å². The molecule has 0 unspecified atom stereocenters. The lowest BCUT2D eigenvalue weighted by Crippen LogP contribution is -2.71. The minimum absolute atomic E-state index is 0.0127. The minimum Gasteiger partial charge on any atom is -0.463 e. The molecule has 2 aliphatic heterocycles. The molecule has 1 saturated carbocycles. The van der Waals surface area contributed by atoms with E-state index in [4.69, 9.17) is 71.1 Å². The van der Waals surface area contributed by atoms with E-state index in [1.807, 2.05) is 303 Å². The monoisotopic (exact) mass is 1640 g/mol. The number of unbranched alkanes of at least 4 members (excludes halogenated alkanes) is 12. The predicted octanol–water partition coefficient (Wildman–Crippen LogP) is 20.1. The second-order valence-corrected chi connectivity index (χ2v) is 31.8. The van der Waals surface area contributed by atoms with E-state index in [9.17, 15) is 9.90 Å². The van der Waals surface area contributed by atoms with E-state index in [2.05, 4.69) is 6.92 Å². The van der Waals surface area contributed by atoms with Crippen LogP contribution >= 0.6 is 0 Å². The van der Waals surface area contributed by atoms with Crippen LogP contribution in [0.5, 0.6) is 0 Å². The predicted molar refractivity (Wildman–Crippen MR) is 466 cm³/mol. The van der Waals surface area contributed by atoms with Crippen LogP contribution in [0.15, 0.2) is 303 Å². The first-order valence-electron chi connectivity index (χ1n) is 43.8. The van der Waals surface area contributed by atoms with Gasteiger partial charge >= 0.3 is 5.97 Å². The Labute approximate surface area is 716 Å². The van der Waals surface area contributed by atoms with Gasteiger partial charge in [0.25, 0.3) is 0 Å². The third kappa shape index (κ3) is 28.8. The van der Waals surface area contributed by atoms with Crippen LogP contribution in [0.2, 0.25) is 0 Å². The van der Waals surface area contributed by atoms with Crippen LogP contribution in [0.25, 0.3) is 0 Å². The van der Waals surface area contributed by atoms with Gasteiger partial charge in [0, 0.05) is 6.42 Å². The molecule has 10 aromatic rings. The van der Waals surface area contributed by atoms with Crippen molar-refractivity contribution in [1.29, 1.82) is 0 Å². The summed E-state index contributed by atoms with van der Waals surface area (Å²) < 4.78 is 110. The number of carbonyl (C=O) groups is 1. The number of benzene rings is 10. The Kier molecular flexibility index (Phi) is 37.6. The molecule has 121 heavy (non-hydrogen) atoms. The number of rotatable bonds is 51. The van der Waals surface area contributed by atoms with Gasteiger partial charge in [0.15, 0.2) is 12.6 Å². The van der Waals surface area contributed by atoms with Crippen LogP contribution < -0.4 is 0 Å². The Balaban J connectivity index is 0.913. The van der Waals surface area contributed by atoms with Crippen molar-refractivity contribution < 1.29 is 81.0 Å². The molecule has 13 rings (SSSR count). The normalized spacial score (nSPS) is 23.5. The smallest absolute Gasteiger partial charge is 0.305 e. The van der Waals surface area contributed by atoms with E-state index in [-0.39, 0.29) is 91.7 Å². The van der Waals surface area contributed by atoms with Gasteiger partial charge in [-0.3, -0.25) is 4.79 Å². The molecule has 3 fully saturated rings. The summed E-state index contributed by atoms with van der Waals surface area (Å²) in [6, 6.07) is 99.1. The molecule has 0 radical (unpaired) electrons. The number of carbonyl (C=O) groups excluding carboxylic acids is 1. The number of hydrogen-bond donors (Lipinski definition) is 1. The lowest BCUT2D eigenvalue weighted by Gasteiger charge is -2.53. The highest BCUT2D eigenvalue weighted by atomic mass is 16.8. The summed E-state index contributed by atoms with van der Waals surface area (Å²) in [5.41, 5.74) is 8.85. The summed E-state index contributed by atoms with van der Waals surface area (Å²) in [4.78, 5) is 14.4. The van der Waals surface area contributed by atoms with Crippen LogP contribution in [-0.4, -0.2) is 122 Å². The number of ether oxygens (including phenoxy) is 15. The fourth-order valence-corrected chi connectivity index (χ4v) is 16.0. The first-order valence-corrected chi connectivity index (χ1v) is 43.8. The molecule has 2 saturated heterocycles. The Hall–Kier alpha value is -8.93. The lowest BCUT2D eigenvalue weighted by molar-refractivity contribution is -0.381. The lowest BCUT2D eigenvalue weighted by atomic mass is 9.83. The van der Waals surface area contributed by atoms with E-state index < -0.39 is 98.0 Å². The van der Waals surface area contributed by atoms with Gasteiger partial charge in [0.05, 0.1) is 72.7 Å². The standard InChI is InChI=1S/C104H122O17/c1-2-3-4-5-6-7-8-9-10-11-12-13-44-65-90(105)108-77-89-93(110-68-80-49-28-16-29-50-80)97(112-70-82-53-32-18-33-54-82)102(117-75-87-63-42-23-43-64-87)104(119-89)121-95-91(106)94(98(113-71-83-55-34-19-35-56-83)100(115-73-85-59-38-21-39-60-85)99(95)114-72-84-57-36-20-37-58-84)120-103-101(116-74-86-61-40-22-41-62-86)96(111-69-81-51-30-17-31-52-81)92(109-67-79-47-26-15-27-48-79)88(118-103)76-107-66-78-45-24-14-25-46-78/h14-43,45-64,88-89,91-104,106H,2-13,44,65-77H2,1H3/t88-,89-,91-,92-,93-,94-,95-,96+,97+,98+,99-,100-,101+,102+,103-,104-/m1/s1. The molecule has 1 aliphatic carbocycles. The molecule has 17 nitrogen and oxygen atoms in total. The molecule has 10 aromatic carbocycles. The van der Waals surface area contributed by atoms with E-state index in [0.717, 1.165) is 74.9 Å². The Morgan fingerprint density at radius 3 is 0.744 bits per heavy atom. The zero-order valence-corrected chi connectivity index (χ0v) is 70.0. The van der Waals surface area contributed by atoms with Gasteiger partial charge in [-0.15, -0.1) is 0 Å². The van der Waals surface area contributed by atoms with E-state index in [1.165, 1.54) is 57.8 Å². The second-order valence-electron chi connectivity index (χ2n) is 31.8. The Bertz CT molecular complexity index is 4380. The maximum atomic E-state index is 14.6. The average Bonchev–Trinajstić information content (AvgIpc) is 0.748. The molecular weight excluding hydrogens is 1520 g/mol. The van der Waals surface area contributed by atoms with Gasteiger partial charge in [-0.1, -0.05) is 387 Å². The molecule has 17 heteroatoms. The van der Waals surface area contributed by atoms with Crippen LogP contribution in [-0.2, 0) is 142 Å². The highest BCUT2D eigenvalue weighted by molar-refractivity contribution is 5.69. The average molecular weight is 1640 g/mol. The molecule has 3 aliphatic rings. The summed E-state index contributed by atoms with van der Waals surface area (Å²) in [6.45, 7) is 3.16. The molecule has 0 spiro atoms. The van der Waals surface area contributed by atoms with Crippen LogP contribution in [0.4, 0.5) is 0 Å². The topological polar surface area (TPSA) is 176 Å². The van der Waals surface area contributed by atoms with Crippen molar-refractivity contribution in [2.45, 2.75) is 261 Å². The first-order chi connectivity index (χ1) is 59.8. The zero-order chi connectivity index (χ0) is 82.9. The largest absolute Gasteiger partial charge is 0.463 e. The van der Waals surface area contributed by atoms with Crippen molar-refractivity contribution in [3.05, 3.63) is 359 Å². The van der Waals surface area contributed by atoms with Crippen molar-refractivity contribution >= 4 is 5.97 Å². The molecule has 640 valence electrons. The van der Waals surface area contributed by atoms with E-state index >= 15 is 0 Å². The molecular formula is C104H122O17. The fraction of sp³-hybridized carbons (Fsp3) is 0.413. The molecule has 0 amide bonds. The van der Waals surface area contributed by atoms with Crippen LogP contribution in [0.3, 0.4) is 0 Å². The summed E-state index contributed by atoms with van der Waals surface area (Å²) in [6.07, 6.45) is -3.49. The molecule has 16 atom stereocenters.